The summed E-state index contributed by atoms with van der Waals surface area (Å²) < 4.78 is 37.6. The Hall–Kier alpha value is -2.67. The second kappa shape index (κ2) is 7.92. The van der Waals surface area contributed by atoms with Gasteiger partial charge in [0.1, 0.15) is 0 Å². The van der Waals surface area contributed by atoms with E-state index in [1.54, 1.807) is 11.3 Å². The SMILES string of the molecule is Cc1nc(-c2ccc(CNC(=O)Cc3ccc(C(F)(F)F)cc3)cc2)cs1. The fourth-order valence-corrected chi connectivity index (χ4v) is 3.17. The van der Waals surface area contributed by atoms with E-state index >= 15 is 0 Å². The normalized spacial score (nSPS) is 11.4. The van der Waals surface area contributed by atoms with Gasteiger partial charge in [-0.25, -0.2) is 4.98 Å². The van der Waals surface area contributed by atoms with Gasteiger partial charge in [0.2, 0.25) is 5.91 Å². The zero-order valence-corrected chi connectivity index (χ0v) is 15.3. The number of alkyl halides is 3. The van der Waals surface area contributed by atoms with Crippen LogP contribution < -0.4 is 5.32 Å². The van der Waals surface area contributed by atoms with Crippen LogP contribution in [0.1, 0.15) is 21.7 Å². The minimum absolute atomic E-state index is 0.0360. The maximum absolute atomic E-state index is 12.5. The summed E-state index contributed by atoms with van der Waals surface area (Å²) in [6.07, 6.45) is -4.33. The van der Waals surface area contributed by atoms with Crippen molar-refractivity contribution in [3.8, 4) is 11.3 Å². The second-order valence-electron chi connectivity index (χ2n) is 6.10. The van der Waals surface area contributed by atoms with Gasteiger partial charge in [0.15, 0.2) is 0 Å². The molecule has 3 nitrogen and oxygen atoms in total. The minimum Gasteiger partial charge on any atom is -0.352 e. The van der Waals surface area contributed by atoms with Crippen LogP contribution in [0.15, 0.2) is 53.9 Å². The predicted molar refractivity (Wildman–Crippen MR) is 99.3 cm³/mol. The molecule has 2 aromatic carbocycles. The fraction of sp³-hybridized carbons (Fsp3) is 0.200. The molecular formula is C20H17F3N2OS. The van der Waals surface area contributed by atoms with Gasteiger partial charge < -0.3 is 5.32 Å². The van der Waals surface area contributed by atoms with Crippen LogP contribution >= 0.6 is 11.3 Å². The third-order valence-electron chi connectivity index (χ3n) is 4.00. The molecule has 3 rings (SSSR count). The maximum atomic E-state index is 12.5. The van der Waals surface area contributed by atoms with Crippen LogP contribution in [-0.2, 0) is 23.9 Å². The number of rotatable bonds is 5. The number of aryl methyl sites for hydroxylation is 1. The van der Waals surface area contributed by atoms with Gasteiger partial charge in [-0.1, -0.05) is 36.4 Å². The molecule has 140 valence electrons. The van der Waals surface area contributed by atoms with Crippen LogP contribution in [-0.4, -0.2) is 10.9 Å². The highest BCUT2D eigenvalue weighted by Crippen LogP contribution is 2.29. The first-order chi connectivity index (χ1) is 12.8. The molecule has 1 aromatic heterocycles. The summed E-state index contributed by atoms with van der Waals surface area (Å²) >= 11 is 1.59. The first-order valence-electron chi connectivity index (χ1n) is 8.25. The van der Waals surface area contributed by atoms with Gasteiger partial charge in [-0.15, -0.1) is 11.3 Å². The Morgan fingerprint density at radius 1 is 1.04 bits per heavy atom. The Morgan fingerprint density at radius 2 is 1.67 bits per heavy atom. The third-order valence-corrected chi connectivity index (χ3v) is 4.78. The van der Waals surface area contributed by atoms with Crippen molar-refractivity contribution in [3.05, 3.63) is 75.6 Å². The number of thiazole rings is 1. The summed E-state index contributed by atoms with van der Waals surface area (Å²) in [5, 5.41) is 5.78. The standard InChI is InChI=1S/C20H17F3N2OS/c1-13-25-18(12-27-13)16-6-2-15(3-7-16)11-24-19(26)10-14-4-8-17(9-5-14)20(21,22)23/h2-9,12H,10-11H2,1H3,(H,24,26). The zero-order chi connectivity index (χ0) is 19.4. The van der Waals surface area contributed by atoms with Gasteiger partial charge in [-0.05, 0) is 30.2 Å². The Morgan fingerprint density at radius 3 is 2.22 bits per heavy atom. The highest BCUT2D eigenvalue weighted by molar-refractivity contribution is 7.09. The average molecular weight is 390 g/mol. The van der Waals surface area contributed by atoms with Crippen molar-refractivity contribution in [1.82, 2.24) is 10.3 Å². The van der Waals surface area contributed by atoms with Gasteiger partial charge in [-0.2, -0.15) is 13.2 Å². The number of benzene rings is 2. The molecule has 1 N–H and O–H groups in total. The van der Waals surface area contributed by atoms with E-state index in [1.165, 1.54) is 12.1 Å². The number of hydrogen-bond donors (Lipinski definition) is 1. The van der Waals surface area contributed by atoms with Crippen molar-refractivity contribution in [1.29, 1.82) is 0 Å². The molecular weight excluding hydrogens is 373 g/mol. The number of aromatic nitrogens is 1. The van der Waals surface area contributed by atoms with E-state index in [2.05, 4.69) is 10.3 Å². The van der Waals surface area contributed by atoms with Gasteiger partial charge in [-0.3, -0.25) is 4.79 Å². The third kappa shape index (κ3) is 5.17. The Kier molecular flexibility index (Phi) is 5.60. The van der Waals surface area contributed by atoms with E-state index in [1.807, 2.05) is 36.6 Å². The van der Waals surface area contributed by atoms with Crippen LogP contribution in [0.3, 0.4) is 0 Å². The van der Waals surface area contributed by atoms with E-state index in [0.717, 1.165) is 34.0 Å². The second-order valence-corrected chi connectivity index (χ2v) is 7.16. The summed E-state index contributed by atoms with van der Waals surface area (Å²) in [4.78, 5) is 16.4. The number of nitrogens with one attached hydrogen (secondary N) is 1. The summed E-state index contributed by atoms with van der Waals surface area (Å²) in [5.41, 5.74) is 2.69. The molecule has 0 fully saturated rings. The molecule has 0 unspecified atom stereocenters. The number of carbonyl (C=O) groups is 1. The lowest BCUT2D eigenvalue weighted by atomic mass is 10.1. The molecule has 1 heterocycles. The quantitative estimate of drug-likeness (QED) is 0.666. The van der Waals surface area contributed by atoms with E-state index in [0.29, 0.717) is 12.1 Å². The first-order valence-corrected chi connectivity index (χ1v) is 9.13. The lowest BCUT2D eigenvalue weighted by Gasteiger charge is -2.08. The number of halogens is 3. The molecule has 7 heteroatoms. The van der Waals surface area contributed by atoms with Gasteiger partial charge in [0.05, 0.1) is 22.7 Å². The number of amides is 1. The maximum Gasteiger partial charge on any atom is 0.416 e. The predicted octanol–water partition coefficient (Wildman–Crippen LogP) is 5.00. The van der Waals surface area contributed by atoms with Crippen LogP contribution in [0.4, 0.5) is 13.2 Å². The van der Waals surface area contributed by atoms with Crippen LogP contribution in [0.5, 0.6) is 0 Å². The van der Waals surface area contributed by atoms with Crippen LogP contribution in [0.25, 0.3) is 11.3 Å². The fourth-order valence-electron chi connectivity index (χ4n) is 2.55. The highest BCUT2D eigenvalue weighted by Gasteiger charge is 2.29. The van der Waals surface area contributed by atoms with Gasteiger partial charge in [0, 0.05) is 17.5 Å². The highest BCUT2D eigenvalue weighted by atomic mass is 32.1. The van der Waals surface area contributed by atoms with Gasteiger partial charge >= 0.3 is 6.18 Å². The molecule has 3 aromatic rings. The van der Waals surface area contributed by atoms with E-state index in [-0.39, 0.29) is 12.3 Å². The molecule has 0 aliphatic rings. The van der Waals surface area contributed by atoms with E-state index < -0.39 is 11.7 Å². The molecule has 0 saturated carbocycles. The number of hydrogen-bond acceptors (Lipinski definition) is 3. The molecule has 0 saturated heterocycles. The molecule has 27 heavy (non-hydrogen) atoms. The summed E-state index contributed by atoms with van der Waals surface area (Å²) in [6.45, 7) is 2.31. The minimum atomic E-state index is -4.37. The van der Waals surface area contributed by atoms with Crippen molar-refractivity contribution in [3.63, 3.8) is 0 Å². The lowest BCUT2D eigenvalue weighted by molar-refractivity contribution is -0.137. The molecule has 0 aliphatic carbocycles. The topological polar surface area (TPSA) is 42.0 Å². The zero-order valence-electron chi connectivity index (χ0n) is 14.5. The van der Waals surface area contributed by atoms with Crippen molar-refractivity contribution < 1.29 is 18.0 Å². The van der Waals surface area contributed by atoms with Gasteiger partial charge in [0.25, 0.3) is 0 Å². The summed E-state index contributed by atoms with van der Waals surface area (Å²) in [6, 6.07) is 12.4. The van der Waals surface area contributed by atoms with E-state index in [4.69, 9.17) is 0 Å². The molecule has 0 aliphatic heterocycles. The van der Waals surface area contributed by atoms with E-state index in [9.17, 15) is 18.0 Å². The summed E-state index contributed by atoms with van der Waals surface area (Å²) in [5.74, 6) is -0.242. The number of nitrogens with zero attached hydrogens (tertiary/aromatic N) is 1. The monoisotopic (exact) mass is 390 g/mol. The van der Waals surface area contributed by atoms with Crippen LogP contribution in [0, 0.1) is 6.92 Å². The molecule has 0 atom stereocenters. The molecule has 1 amide bonds. The van der Waals surface area contributed by atoms with Crippen molar-refractivity contribution in [2.24, 2.45) is 0 Å². The van der Waals surface area contributed by atoms with Crippen molar-refractivity contribution in [2.75, 3.05) is 0 Å². The largest absolute Gasteiger partial charge is 0.416 e. The number of carbonyl (C=O) groups excluding carboxylic acids is 1. The van der Waals surface area contributed by atoms with Crippen molar-refractivity contribution >= 4 is 17.2 Å². The first kappa shape index (κ1) is 19.1. The molecule has 0 bridgehead atoms. The molecule has 0 spiro atoms. The van der Waals surface area contributed by atoms with Crippen LogP contribution in [0.2, 0.25) is 0 Å². The summed E-state index contributed by atoms with van der Waals surface area (Å²) in [7, 11) is 0. The smallest absolute Gasteiger partial charge is 0.352 e. The average Bonchev–Trinajstić information content (AvgIpc) is 3.06. The van der Waals surface area contributed by atoms with Crippen molar-refractivity contribution in [2.45, 2.75) is 26.1 Å². The Balaban J connectivity index is 1.53. The Labute approximate surface area is 158 Å². The molecule has 0 radical (unpaired) electrons. The Bertz CT molecular complexity index is 916. The lowest BCUT2D eigenvalue weighted by Crippen LogP contribution is -2.24.